The van der Waals surface area contributed by atoms with E-state index in [1.807, 2.05) is 0 Å². The van der Waals surface area contributed by atoms with Crippen LogP contribution in [0.1, 0.15) is 13.8 Å². The first kappa shape index (κ1) is 14.8. The Morgan fingerprint density at radius 3 is 2.35 bits per heavy atom. The first-order chi connectivity index (χ1) is 7.99. The number of nitrogens with one attached hydrogen (secondary N) is 1. The van der Waals surface area contributed by atoms with Crippen molar-refractivity contribution in [3.8, 4) is 0 Å². The molecule has 6 nitrogen and oxygen atoms in total. The van der Waals surface area contributed by atoms with E-state index in [0.29, 0.717) is 32.1 Å². The van der Waals surface area contributed by atoms with Gasteiger partial charge in [-0.1, -0.05) is 13.8 Å². The zero-order valence-electron chi connectivity index (χ0n) is 10.7. The molecule has 17 heavy (non-hydrogen) atoms. The van der Waals surface area contributed by atoms with Crippen molar-refractivity contribution in [3.05, 3.63) is 0 Å². The normalized spacial score (nSPS) is 21.6. The van der Waals surface area contributed by atoms with Crippen LogP contribution in [0.15, 0.2) is 0 Å². The Morgan fingerprint density at radius 1 is 1.29 bits per heavy atom. The fourth-order valence-corrected chi connectivity index (χ4v) is 3.13. The van der Waals surface area contributed by atoms with E-state index in [-0.39, 0.29) is 0 Å². The third kappa shape index (κ3) is 4.51. The number of hydrogen-bond acceptors (Lipinski definition) is 4. The molecular formula is C10H24N4O2S. The SMILES string of the molecule is CCNS(=O)(=O)N1CCN(CC(C)CN)CC1. The van der Waals surface area contributed by atoms with Gasteiger partial charge in [-0.2, -0.15) is 12.7 Å². The van der Waals surface area contributed by atoms with Gasteiger partial charge in [0.1, 0.15) is 0 Å². The van der Waals surface area contributed by atoms with Gasteiger partial charge in [0.2, 0.25) is 0 Å². The average molecular weight is 264 g/mol. The summed E-state index contributed by atoms with van der Waals surface area (Å²) in [6, 6.07) is 0. The number of rotatable bonds is 6. The third-order valence-corrected chi connectivity index (χ3v) is 4.67. The number of nitrogens with two attached hydrogens (primary N) is 1. The first-order valence-corrected chi connectivity index (χ1v) is 7.60. The van der Waals surface area contributed by atoms with Gasteiger partial charge in [-0.15, -0.1) is 0 Å². The van der Waals surface area contributed by atoms with Crippen LogP contribution < -0.4 is 10.5 Å². The van der Waals surface area contributed by atoms with Crippen molar-refractivity contribution >= 4 is 10.2 Å². The molecule has 1 fully saturated rings. The highest BCUT2D eigenvalue weighted by Gasteiger charge is 2.26. The molecule has 1 rings (SSSR count). The van der Waals surface area contributed by atoms with Gasteiger partial charge >= 0.3 is 0 Å². The van der Waals surface area contributed by atoms with E-state index < -0.39 is 10.2 Å². The van der Waals surface area contributed by atoms with Crippen molar-refractivity contribution in [2.45, 2.75) is 13.8 Å². The topological polar surface area (TPSA) is 78.7 Å². The van der Waals surface area contributed by atoms with Crippen LogP contribution in [-0.4, -0.2) is 63.4 Å². The van der Waals surface area contributed by atoms with Crippen LogP contribution in [0.25, 0.3) is 0 Å². The van der Waals surface area contributed by atoms with Gasteiger partial charge < -0.3 is 10.6 Å². The van der Waals surface area contributed by atoms with Crippen molar-refractivity contribution in [1.29, 1.82) is 0 Å². The van der Waals surface area contributed by atoms with Crippen molar-refractivity contribution in [2.24, 2.45) is 11.7 Å². The summed E-state index contributed by atoms with van der Waals surface area (Å²) in [6.07, 6.45) is 0. The molecule has 0 aliphatic carbocycles. The quantitative estimate of drug-likeness (QED) is 0.648. The Morgan fingerprint density at radius 2 is 1.88 bits per heavy atom. The predicted octanol–water partition coefficient (Wildman–Crippen LogP) is -0.947. The summed E-state index contributed by atoms with van der Waals surface area (Å²) in [4.78, 5) is 2.27. The molecule has 7 heteroatoms. The van der Waals surface area contributed by atoms with Crippen LogP contribution in [-0.2, 0) is 10.2 Å². The van der Waals surface area contributed by atoms with Crippen LogP contribution in [0.4, 0.5) is 0 Å². The molecule has 0 radical (unpaired) electrons. The predicted molar refractivity (Wildman–Crippen MR) is 68.8 cm³/mol. The molecule has 1 saturated heterocycles. The molecule has 1 aliphatic heterocycles. The Kier molecular flexibility index (Phi) is 5.81. The smallest absolute Gasteiger partial charge is 0.279 e. The van der Waals surface area contributed by atoms with E-state index in [1.54, 1.807) is 6.92 Å². The average Bonchev–Trinajstić information content (AvgIpc) is 2.29. The summed E-state index contributed by atoms with van der Waals surface area (Å²) in [5.74, 6) is 0.465. The molecule has 0 saturated carbocycles. The Labute approximate surface area is 104 Å². The minimum absolute atomic E-state index is 0.437. The highest BCUT2D eigenvalue weighted by atomic mass is 32.2. The Balaban J connectivity index is 2.40. The van der Waals surface area contributed by atoms with Crippen molar-refractivity contribution in [1.82, 2.24) is 13.9 Å². The van der Waals surface area contributed by atoms with Gasteiger partial charge in [-0.25, -0.2) is 4.72 Å². The van der Waals surface area contributed by atoms with Crippen LogP contribution in [0, 0.1) is 5.92 Å². The molecule has 0 aromatic heterocycles. The lowest BCUT2D eigenvalue weighted by Gasteiger charge is -2.34. The molecule has 1 aliphatic rings. The van der Waals surface area contributed by atoms with Crippen molar-refractivity contribution in [3.63, 3.8) is 0 Å². The van der Waals surface area contributed by atoms with Crippen molar-refractivity contribution in [2.75, 3.05) is 45.8 Å². The summed E-state index contributed by atoms with van der Waals surface area (Å²) in [5.41, 5.74) is 5.58. The van der Waals surface area contributed by atoms with Crippen LogP contribution >= 0.6 is 0 Å². The summed E-state index contributed by atoms with van der Waals surface area (Å²) in [6.45, 7) is 8.66. The first-order valence-electron chi connectivity index (χ1n) is 6.16. The second kappa shape index (κ2) is 6.65. The lowest BCUT2D eigenvalue weighted by atomic mass is 10.1. The van der Waals surface area contributed by atoms with Crippen LogP contribution in [0.5, 0.6) is 0 Å². The number of hydrogen-bond donors (Lipinski definition) is 2. The van der Waals surface area contributed by atoms with E-state index in [9.17, 15) is 8.42 Å². The lowest BCUT2D eigenvalue weighted by molar-refractivity contribution is 0.169. The maximum absolute atomic E-state index is 11.7. The lowest BCUT2D eigenvalue weighted by Crippen LogP contribution is -2.52. The zero-order chi connectivity index (χ0) is 12.9. The molecule has 102 valence electrons. The van der Waals surface area contributed by atoms with Gasteiger partial charge in [-0.3, -0.25) is 0 Å². The molecule has 0 amide bonds. The molecule has 0 aromatic rings. The largest absolute Gasteiger partial charge is 0.330 e. The second-order valence-corrected chi connectivity index (χ2v) is 6.30. The summed E-state index contributed by atoms with van der Waals surface area (Å²) in [7, 11) is -3.26. The number of piperazine rings is 1. The maximum atomic E-state index is 11.7. The van der Waals surface area contributed by atoms with Gasteiger partial charge in [0.05, 0.1) is 0 Å². The highest BCUT2D eigenvalue weighted by molar-refractivity contribution is 7.87. The van der Waals surface area contributed by atoms with E-state index in [2.05, 4.69) is 16.5 Å². The van der Waals surface area contributed by atoms with E-state index >= 15 is 0 Å². The number of nitrogens with zero attached hydrogens (tertiary/aromatic N) is 2. The van der Waals surface area contributed by atoms with Crippen LogP contribution in [0.2, 0.25) is 0 Å². The molecule has 0 aromatic carbocycles. The van der Waals surface area contributed by atoms with E-state index in [1.165, 1.54) is 4.31 Å². The molecule has 1 heterocycles. The van der Waals surface area contributed by atoms with Crippen molar-refractivity contribution < 1.29 is 8.42 Å². The Hall–Kier alpha value is -0.210. The Bertz CT molecular complexity index is 312. The summed E-state index contributed by atoms with van der Waals surface area (Å²) in [5, 5.41) is 0. The monoisotopic (exact) mass is 264 g/mol. The zero-order valence-corrected chi connectivity index (χ0v) is 11.5. The molecule has 1 atom stereocenters. The van der Waals surface area contributed by atoms with Gasteiger partial charge in [0.25, 0.3) is 10.2 Å². The fraction of sp³-hybridized carbons (Fsp3) is 1.00. The van der Waals surface area contributed by atoms with E-state index in [0.717, 1.165) is 19.6 Å². The third-order valence-electron chi connectivity index (χ3n) is 2.97. The van der Waals surface area contributed by atoms with Crippen LogP contribution in [0.3, 0.4) is 0 Å². The molecule has 0 spiro atoms. The molecule has 0 bridgehead atoms. The summed E-state index contributed by atoms with van der Waals surface area (Å²) >= 11 is 0. The maximum Gasteiger partial charge on any atom is 0.279 e. The van der Waals surface area contributed by atoms with Gasteiger partial charge in [0.15, 0.2) is 0 Å². The van der Waals surface area contributed by atoms with Gasteiger partial charge in [-0.05, 0) is 12.5 Å². The fourth-order valence-electron chi connectivity index (χ4n) is 1.94. The second-order valence-electron chi connectivity index (χ2n) is 4.54. The standard InChI is InChI=1S/C10H24N4O2S/c1-3-12-17(15,16)14-6-4-13(5-7-14)9-10(2)8-11/h10,12H,3-9,11H2,1-2H3. The van der Waals surface area contributed by atoms with Gasteiger partial charge in [0, 0.05) is 39.3 Å². The molecule has 1 unspecified atom stereocenters. The summed E-state index contributed by atoms with van der Waals surface area (Å²) < 4.78 is 27.5. The highest BCUT2D eigenvalue weighted by Crippen LogP contribution is 2.07. The van der Waals surface area contributed by atoms with E-state index in [4.69, 9.17) is 5.73 Å². The minimum atomic E-state index is -3.26. The minimum Gasteiger partial charge on any atom is -0.330 e. The molecular weight excluding hydrogens is 240 g/mol. The molecule has 3 N–H and O–H groups in total.